The second-order valence-corrected chi connectivity index (χ2v) is 4.58. The Morgan fingerprint density at radius 3 is 2.61 bits per heavy atom. The molecule has 0 radical (unpaired) electrons. The summed E-state index contributed by atoms with van der Waals surface area (Å²) in [5.74, 6) is -0.372. The topological polar surface area (TPSA) is 126 Å². The molecule has 0 aliphatic heterocycles. The highest BCUT2D eigenvalue weighted by Crippen LogP contribution is 2.36. The monoisotopic (exact) mass is 315 g/mol. The Kier molecular flexibility index (Phi) is 3.33. The molecule has 10 heteroatoms. The molecule has 0 aliphatic carbocycles. The summed E-state index contributed by atoms with van der Waals surface area (Å²) in [4.78, 5) is 28.6. The van der Waals surface area contributed by atoms with Crippen LogP contribution in [0.3, 0.4) is 0 Å². The van der Waals surface area contributed by atoms with Crippen molar-refractivity contribution in [1.82, 2.24) is 14.5 Å². The Morgan fingerprint density at radius 1 is 1.13 bits per heavy atom. The molecule has 23 heavy (non-hydrogen) atoms. The van der Waals surface area contributed by atoms with E-state index in [4.69, 9.17) is 4.74 Å². The molecule has 3 rings (SSSR count). The number of nitro benzene ring substituents is 1. The molecule has 0 amide bonds. The van der Waals surface area contributed by atoms with Crippen LogP contribution >= 0.6 is 0 Å². The largest absolute Gasteiger partial charge is 0.431 e. The summed E-state index contributed by atoms with van der Waals surface area (Å²) in [6, 6.07) is 5.71. The van der Waals surface area contributed by atoms with Crippen molar-refractivity contribution in [3.05, 3.63) is 57.0 Å². The fourth-order valence-electron chi connectivity index (χ4n) is 2.13. The molecule has 1 aromatic carbocycles. The number of fused-ring (bicyclic) bond motifs is 1. The fourth-order valence-corrected chi connectivity index (χ4v) is 2.13. The summed E-state index contributed by atoms with van der Waals surface area (Å²) in [5, 5.41) is 22.3. The molecule has 0 fully saturated rings. The lowest BCUT2D eigenvalue weighted by Gasteiger charge is -2.08. The number of rotatable bonds is 4. The van der Waals surface area contributed by atoms with E-state index in [1.807, 2.05) is 0 Å². The summed E-state index contributed by atoms with van der Waals surface area (Å²) in [6.07, 6.45) is 2.70. The predicted molar refractivity (Wildman–Crippen MR) is 78.3 cm³/mol. The van der Waals surface area contributed by atoms with Crippen molar-refractivity contribution in [2.75, 3.05) is 0 Å². The summed E-state index contributed by atoms with van der Waals surface area (Å²) in [6.45, 7) is 0. The van der Waals surface area contributed by atoms with Crippen molar-refractivity contribution in [3.63, 3.8) is 0 Å². The maximum Gasteiger partial charge on any atom is 0.427 e. The first-order valence-corrected chi connectivity index (χ1v) is 6.34. The molecular formula is C13H9N5O5. The maximum absolute atomic E-state index is 11.1. The smallest absolute Gasteiger partial charge is 0.427 e. The van der Waals surface area contributed by atoms with Gasteiger partial charge in [-0.25, -0.2) is 0 Å². The number of imidazole rings is 1. The highest BCUT2D eigenvalue weighted by atomic mass is 16.6. The third-order valence-electron chi connectivity index (χ3n) is 3.15. The SMILES string of the molecule is Cn1cnc([N+](=O)[O-])c1Oc1ccc([N+](=O)[O-])c2cccnc12. The average Bonchev–Trinajstić information content (AvgIpc) is 2.88. The first-order chi connectivity index (χ1) is 11.0. The first kappa shape index (κ1) is 14.4. The van der Waals surface area contributed by atoms with Crippen LogP contribution in [0.25, 0.3) is 10.9 Å². The van der Waals surface area contributed by atoms with Crippen molar-refractivity contribution < 1.29 is 14.6 Å². The molecule has 0 saturated carbocycles. The van der Waals surface area contributed by atoms with Crippen LogP contribution in [0.1, 0.15) is 0 Å². The molecule has 10 nitrogen and oxygen atoms in total. The minimum atomic E-state index is -0.670. The van der Waals surface area contributed by atoms with E-state index < -0.39 is 15.7 Å². The molecule has 0 saturated heterocycles. The van der Waals surface area contributed by atoms with Gasteiger partial charge in [0.05, 0.1) is 10.3 Å². The normalized spacial score (nSPS) is 10.7. The van der Waals surface area contributed by atoms with Crippen molar-refractivity contribution >= 4 is 22.4 Å². The zero-order valence-corrected chi connectivity index (χ0v) is 11.7. The number of aryl methyl sites for hydroxylation is 1. The summed E-state index contributed by atoms with van der Waals surface area (Å²) < 4.78 is 6.90. The molecule has 2 heterocycles. The molecule has 0 spiro atoms. The van der Waals surface area contributed by atoms with Gasteiger partial charge in [-0.1, -0.05) is 0 Å². The molecule has 0 unspecified atom stereocenters. The van der Waals surface area contributed by atoms with Gasteiger partial charge in [-0.2, -0.15) is 0 Å². The van der Waals surface area contributed by atoms with E-state index in [1.165, 1.54) is 42.3 Å². The molecular weight excluding hydrogens is 306 g/mol. The van der Waals surface area contributed by atoms with Crippen LogP contribution in [0.5, 0.6) is 11.6 Å². The minimum absolute atomic E-state index is 0.0872. The third-order valence-corrected chi connectivity index (χ3v) is 3.15. The number of hydrogen-bond acceptors (Lipinski definition) is 7. The Labute approximate surface area is 128 Å². The number of benzene rings is 1. The second kappa shape index (κ2) is 5.33. The average molecular weight is 315 g/mol. The van der Waals surface area contributed by atoms with Gasteiger partial charge in [0.15, 0.2) is 5.75 Å². The summed E-state index contributed by atoms with van der Waals surface area (Å²) >= 11 is 0. The quantitative estimate of drug-likeness (QED) is 0.534. The lowest BCUT2D eigenvalue weighted by atomic mass is 10.1. The number of nitro groups is 2. The zero-order chi connectivity index (χ0) is 16.6. The van der Waals surface area contributed by atoms with E-state index >= 15 is 0 Å². The van der Waals surface area contributed by atoms with Crippen LogP contribution in [0.4, 0.5) is 11.5 Å². The van der Waals surface area contributed by atoms with Crippen LogP contribution in [0.15, 0.2) is 36.8 Å². The van der Waals surface area contributed by atoms with Crippen LogP contribution < -0.4 is 4.74 Å². The molecule has 0 bridgehead atoms. The molecule has 0 atom stereocenters. The molecule has 0 aliphatic rings. The van der Waals surface area contributed by atoms with Crippen molar-refractivity contribution in [2.45, 2.75) is 0 Å². The van der Waals surface area contributed by atoms with E-state index in [0.717, 1.165) is 0 Å². The highest BCUT2D eigenvalue weighted by Gasteiger charge is 2.24. The van der Waals surface area contributed by atoms with Gasteiger partial charge in [0.25, 0.3) is 5.69 Å². The van der Waals surface area contributed by atoms with Gasteiger partial charge in [-0.3, -0.25) is 19.7 Å². The van der Waals surface area contributed by atoms with E-state index in [1.54, 1.807) is 6.07 Å². The number of aromatic nitrogens is 3. The van der Waals surface area contributed by atoms with E-state index in [9.17, 15) is 20.2 Å². The Balaban J connectivity index is 2.16. The van der Waals surface area contributed by atoms with Gasteiger partial charge in [0.1, 0.15) is 5.52 Å². The van der Waals surface area contributed by atoms with Gasteiger partial charge in [-0.05, 0) is 28.1 Å². The lowest BCUT2D eigenvalue weighted by molar-refractivity contribution is -0.390. The molecule has 116 valence electrons. The van der Waals surface area contributed by atoms with Crippen molar-refractivity contribution in [1.29, 1.82) is 0 Å². The lowest BCUT2D eigenvalue weighted by Crippen LogP contribution is -1.98. The summed E-state index contributed by atoms with van der Waals surface area (Å²) in [5.41, 5.74) is 0.108. The van der Waals surface area contributed by atoms with Gasteiger partial charge in [0, 0.05) is 19.3 Å². The second-order valence-electron chi connectivity index (χ2n) is 4.58. The van der Waals surface area contributed by atoms with Gasteiger partial charge < -0.3 is 14.9 Å². The van der Waals surface area contributed by atoms with Gasteiger partial charge in [-0.15, -0.1) is 0 Å². The Bertz CT molecular complexity index is 936. The maximum atomic E-state index is 11.1. The molecule has 0 N–H and O–H groups in total. The van der Waals surface area contributed by atoms with Gasteiger partial charge >= 0.3 is 11.7 Å². The van der Waals surface area contributed by atoms with E-state index in [2.05, 4.69) is 9.97 Å². The van der Waals surface area contributed by atoms with Crippen LogP contribution in [-0.2, 0) is 7.05 Å². The number of non-ortho nitro benzene ring substituents is 1. The van der Waals surface area contributed by atoms with E-state index in [-0.39, 0.29) is 28.2 Å². The highest BCUT2D eigenvalue weighted by molar-refractivity contribution is 5.92. The Morgan fingerprint density at radius 2 is 1.91 bits per heavy atom. The minimum Gasteiger partial charge on any atom is -0.431 e. The van der Waals surface area contributed by atoms with Crippen molar-refractivity contribution in [3.8, 4) is 11.6 Å². The Hall–Kier alpha value is -3.56. The standard InChI is InChI=1S/C13H9N5O5/c1-16-7-15-12(18(21)22)13(16)23-10-5-4-9(17(19)20)8-3-2-6-14-11(8)10/h2-7H,1H3. The number of hydrogen-bond donors (Lipinski definition) is 0. The number of pyridine rings is 1. The van der Waals surface area contributed by atoms with Crippen LogP contribution in [-0.4, -0.2) is 24.4 Å². The third kappa shape index (κ3) is 2.41. The number of ether oxygens (including phenoxy) is 1. The molecule has 3 aromatic rings. The first-order valence-electron chi connectivity index (χ1n) is 6.34. The zero-order valence-electron chi connectivity index (χ0n) is 11.7. The van der Waals surface area contributed by atoms with Gasteiger partial charge in [0.2, 0.25) is 6.33 Å². The summed E-state index contributed by atoms with van der Waals surface area (Å²) in [7, 11) is 1.54. The fraction of sp³-hybridized carbons (Fsp3) is 0.0769. The predicted octanol–water partition coefficient (Wildman–Crippen LogP) is 2.58. The van der Waals surface area contributed by atoms with Crippen molar-refractivity contribution in [2.24, 2.45) is 7.05 Å². The number of nitrogens with zero attached hydrogens (tertiary/aromatic N) is 5. The van der Waals surface area contributed by atoms with Crippen LogP contribution in [0.2, 0.25) is 0 Å². The van der Waals surface area contributed by atoms with E-state index in [0.29, 0.717) is 0 Å². The van der Waals surface area contributed by atoms with Crippen LogP contribution in [0, 0.1) is 20.2 Å². The molecule has 2 aromatic heterocycles.